The Balaban J connectivity index is 1.85. The third-order valence-electron chi connectivity index (χ3n) is 3.58. The highest BCUT2D eigenvalue weighted by Gasteiger charge is 2.09. The number of nitrogens with one attached hydrogen (secondary N) is 1. The van der Waals surface area contributed by atoms with Crippen molar-refractivity contribution in [3.05, 3.63) is 71.3 Å². The number of aliphatic hydroxyl groups is 1. The van der Waals surface area contributed by atoms with Gasteiger partial charge in [-0.15, -0.1) is 0 Å². The quantitative estimate of drug-likeness (QED) is 0.826. The number of aliphatic hydroxyl groups excluding tert-OH is 1. The van der Waals surface area contributed by atoms with Gasteiger partial charge in [0.05, 0.1) is 6.10 Å². The van der Waals surface area contributed by atoms with Gasteiger partial charge in [-0.1, -0.05) is 42.5 Å². The van der Waals surface area contributed by atoms with Gasteiger partial charge in [-0.3, -0.25) is 4.79 Å². The molecule has 0 bridgehead atoms. The molecule has 2 aromatic carbocycles. The fourth-order valence-electron chi connectivity index (χ4n) is 2.44. The first-order valence-electron chi connectivity index (χ1n) is 7.81. The van der Waals surface area contributed by atoms with E-state index in [-0.39, 0.29) is 5.91 Å². The summed E-state index contributed by atoms with van der Waals surface area (Å²) in [5.74, 6) is -0.106. The summed E-state index contributed by atoms with van der Waals surface area (Å²) in [7, 11) is 4.00. The second-order valence-corrected chi connectivity index (χ2v) is 5.91. The topological polar surface area (TPSA) is 52.6 Å². The molecule has 0 fully saturated rings. The highest BCUT2D eigenvalue weighted by atomic mass is 16.3. The maximum Gasteiger partial charge on any atom is 0.251 e. The summed E-state index contributed by atoms with van der Waals surface area (Å²) >= 11 is 0. The van der Waals surface area contributed by atoms with Gasteiger partial charge in [0.25, 0.3) is 5.91 Å². The monoisotopic (exact) mass is 312 g/mol. The molecule has 4 heteroatoms. The van der Waals surface area contributed by atoms with Crippen LogP contribution in [0.3, 0.4) is 0 Å². The zero-order valence-electron chi connectivity index (χ0n) is 13.7. The largest absolute Gasteiger partial charge is 0.388 e. The maximum atomic E-state index is 12.2. The Labute approximate surface area is 137 Å². The average molecular weight is 312 g/mol. The molecular formula is C19H24N2O2. The third kappa shape index (κ3) is 5.51. The van der Waals surface area contributed by atoms with Gasteiger partial charge in [0.2, 0.25) is 0 Å². The molecule has 0 aliphatic carbocycles. The molecular weight excluding hydrogens is 288 g/mol. The highest BCUT2D eigenvalue weighted by molar-refractivity contribution is 5.94. The number of carbonyl (C=O) groups excluding carboxylic acids is 1. The summed E-state index contributed by atoms with van der Waals surface area (Å²) < 4.78 is 0. The molecule has 4 nitrogen and oxygen atoms in total. The van der Waals surface area contributed by atoms with Crippen molar-refractivity contribution in [1.82, 2.24) is 10.2 Å². The van der Waals surface area contributed by atoms with Gasteiger partial charge in [-0.25, -0.2) is 0 Å². The second kappa shape index (κ2) is 8.46. The minimum Gasteiger partial charge on any atom is -0.388 e. The fourth-order valence-corrected chi connectivity index (χ4v) is 2.44. The van der Waals surface area contributed by atoms with E-state index in [1.165, 1.54) is 0 Å². The van der Waals surface area contributed by atoms with E-state index in [1.807, 2.05) is 68.7 Å². The first kappa shape index (κ1) is 17.2. The van der Waals surface area contributed by atoms with Crippen molar-refractivity contribution in [3.63, 3.8) is 0 Å². The van der Waals surface area contributed by atoms with Crippen molar-refractivity contribution in [2.24, 2.45) is 0 Å². The average Bonchev–Trinajstić information content (AvgIpc) is 2.55. The summed E-state index contributed by atoms with van der Waals surface area (Å²) in [6.45, 7) is 1.24. The number of hydrogen-bond acceptors (Lipinski definition) is 3. The van der Waals surface area contributed by atoms with E-state index < -0.39 is 6.10 Å². The van der Waals surface area contributed by atoms with Crippen molar-refractivity contribution < 1.29 is 9.90 Å². The van der Waals surface area contributed by atoms with Crippen LogP contribution in [0.4, 0.5) is 0 Å². The zero-order chi connectivity index (χ0) is 16.7. The SMILES string of the molecule is CN(C)Cc1cccc(C(=O)NCCC(O)c2ccccc2)c1. The van der Waals surface area contributed by atoms with Crippen LogP contribution in [0.1, 0.15) is 34.0 Å². The zero-order valence-corrected chi connectivity index (χ0v) is 13.7. The Morgan fingerprint density at radius 2 is 1.87 bits per heavy atom. The first-order valence-corrected chi connectivity index (χ1v) is 7.81. The molecule has 0 radical (unpaired) electrons. The van der Waals surface area contributed by atoms with E-state index in [2.05, 4.69) is 10.2 Å². The van der Waals surface area contributed by atoms with Crippen molar-refractivity contribution >= 4 is 5.91 Å². The van der Waals surface area contributed by atoms with Crippen LogP contribution < -0.4 is 5.32 Å². The summed E-state index contributed by atoms with van der Waals surface area (Å²) in [6.07, 6.45) is -0.0655. The van der Waals surface area contributed by atoms with Crippen LogP contribution in [0.25, 0.3) is 0 Å². The maximum absolute atomic E-state index is 12.2. The van der Waals surface area contributed by atoms with Crippen LogP contribution in [0.2, 0.25) is 0 Å². The summed E-state index contributed by atoms with van der Waals surface area (Å²) in [5.41, 5.74) is 2.63. The molecule has 1 amide bonds. The molecule has 23 heavy (non-hydrogen) atoms. The van der Waals surface area contributed by atoms with Gasteiger partial charge < -0.3 is 15.3 Å². The van der Waals surface area contributed by atoms with Crippen LogP contribution in [0, 0.1) is 0 Å². The van der Waals surface area contributed by atoms with E-state index in [0.29, 0.717) is 18.5 Å². The molecule has 0 saturated heterocycles. The standard InChI is InChI=1S/C19H24N2O2/c1-21(2)14-15-7-6-10-17(13-15)19(23)20-12-11-18(22)16-8-4-3-5-9-16/h3-10,13,18,22H,11-12,14H2,1-2H3,(H,20,23). The summed E-state index contributed by atoms with van der Waals surface area (Å²) in [6, 6.07) is 17.1. The predicted molar refractivity (Wildman–Crippen MR) is 92.2 cm³/mol. The summed E-state index contributed by atoms with van der Waals surface area (Å²) in [5, 5.41) is 13.0. The van der Waals surface area contributed by atoms with Gasteiger partial charge in [-0.2, -0.15) is 0 Å². The van der Waals surface area contributed by atoms with Crippen LogP contribution in [0.15, 0.2) is 54.6 Å². The molecule has 122 valence electrons. The van der Waals surface area contributed by atoms with Crippen molar-refractivity contribution in [3.8, 4) is 0 Å². The Morgan fingerprint density at radius 3 is 2.57 bits per heavy atom. The van der Waals surface area contributed by atoms with Crippen molar-refractivity contribution in [2.45, 2.75) is 19.1 Å². The molecule has 0 aliphatic heterocycles. The summed E-state index contributed by atoms with van der Waals surface area (Å²) in [4.78, 5) is 14.3. The molecule has 2 rings (SSSR count). The Hall–Kier alpha value is -2.17. The molecule has 1 unspecified atom stereocenters. The van der Waals surface area contributed by atoms with Crippen LogP contribution in [-0.2, 0) is 6.54 Å². The normalized spacial score (nSPS) is 12.2. The number of rotatable bonds is 7. The number of carbonyl (C=O) groups is 1. The molecule has 2 aromatic rings. The van der Waals surface area contributed by atoms with Crippen LogP contribution >= 0.6 is 0 Å². The molecule has 1 atom stereocenters. The highest BCUT2D eigenvalue weighted by Crippen LogP contribution is 2.15. The van der Waals surface area contributed by atoms with Crippen molar-refractivity contribution in [1.29, 1.82) is 0 Å². The van der Waals surface area contributed by atoms with E-state index >= 15 is 0 Å². The molecule has 2 N–H and O–H groups in total. The number of amides is 1. The van der Waals surface area contributed by atoms with Crippen molar-refractivity contribution in [2.75, 3.05) is 20.6 Å². The second-order valence-electron chi connectivity index (χ2n) is 5.91. The Bertz CT molecular complexity index is 626. The smallest absolute Gasteiger partial charge is 0.251 e. The van der Waals surface area contributed by atoms with Crippen LogP contribution in [0.5, 0.6) is 0 Å². The van der Waals surface area contributed by atoms with E-state index in [9.17, 15) is 9.90 Å². The Morgan fingerprint density at radius 1 is 1.13 bits per heavy atom. The first-order chi connectivity index (χ1) is 11.1. The lowest BCUT2D eigenvalue weighted by molar-refractivity contribution is 0.0942. The van der Waals surface area contributed by atoms with Gasteiger partial charge >= 0.3 is 0 Å². The van der Waals surface area contributed by atoms with E-state index in [1.54, 1.807) is 0 Å². The third-order valence-corrected chi connectivity index (χ3v) is 3.58. The molecule has 0 aromatic heterocycles. The van der Waals surface area contributed by atoms with Crippen LogP contribution in [-0.4, -0.2) is 36.6 Å². The number of nitrogens with zero attached hydrogens (tertiary/aromatic N) is 1. The van der Waals surface area contributed by atoms with E-state index in [4.69, 9.17) is 0 Å². The van der Waals surface area contributed by atoms with Gasteiger partial charge in [0.1, 0.15) is 0 Å². The molecule has 0 aliphatic rings. The molecule has 0 heterocycles. The molecule has 0 saturated carbocycles. The lowest BCUT2D eigenvalue weighted by Crippen LogP contribution is -2.25. The predicted octanol–water partition coefficient (Wildman–Crippen LogP) is 2.60. The van der Waals surface area contributed by atoms with E-state index in [0.717, 1.165) is 17.7 Å². The minimum absolute atomic E-state index is 0.106. The van der Waals surface area contributed by atoms with Gasteiger partial charge in [0.15, 0.2) is 0 Å². The lowest BCUT2D eigenvalue weighted by atomic mass is 10.1. The molecule has 0 spiro atoms. The van der Waals surface area contributed by atoms with Gasteiger partial charge in [0, 0.05) is 18.7 Å². The minimum atomic E-state index is -0.559. The lowest BCUT2D eigenvalue weighted by Gasteiger charge is -2.13. The number of benzene rings is 2. The fraction of sp³-hybridized carbons (Fsp3) is 0.316. The number of hydrogen-bond donors (Lipinski definition) is 2. The van der Waals surface area contributed by atoms with Gasteiger partial charge in [-0.05, 0) is 43.8 Å². The Kier molecular flexibility index (Phi) is 6.32.